The average Bonchev–Trinajstić information content (AvgIpc) is 2.37. The molecule has 1 aromatic rings. The lowest BCUT2D eigenvalue weighted by Gasteiger charge is -2.24. The normalized spacial score (nSPS) is 11.3. The number of rotatable bonds is 8. The predicted octanol–water partition coefficient (Wildman–Crippen LogP) is 0.264. The van der Waals surface area contributed by atoms with Gasteiger partial charge in [-0.1, -0.05) is 0 Å². The summed E-state index contributed by atoms with van der Waals surface area (Å²) in [5.41, 5.74) is 5.36. The molecule has 0 atom stereocenters. The molecule has 0 amide bonds. The Morgan fingerprint density at radius 1 is 1.50 bits per heavy atom. The molecule has 1 heterocycles. The maximum absolute atomic E-state index is 11.8. The number of pyridine rings is 1. The SMILES string of the molecule is COCCN(CCC(=N)N)c1ncccc1S(C)(=O)=O. The third kappa shape index (κ3) is 4.78. The van der Waals surface area contributed by atoms with Gasteiger partial charge in [0, 0.05) is 39.1 Å². The maximum Gasteiger partial charge on any atom is 0.179 e. The minimum absolute atomic E-state index is 0.0456. The molecule has 0 aliphatic heterocycles. The van der Waals surface area contributed by atoms with Crippen LogP contribution in [0.1, 0.15) is 6.42 Å². The van der Waals surface area contributed by atoms with Gasteiger partial charge in [-0.2, -0.15) is 0 Å². The zero-order valence-electron chi connectivity index (χ0n) is 11.7. The van der Waals surface area contributed by atoms with Gasteiger partial charge in [-0.05, 0) is 12.1 Å². The van der Waals surface area contributed by atoms with Crippen LogP contribution in [-0.2, 0) is 14.6 Å². The van der Waals surface area contributed by atoms with Crippen LogP contribution in [-0.4, -0.2) is 52.3 Å². The second kappa shape index (κ2) is 7.20. The van der Waals surface area contributed by atoms with Crippen molar-refractivity contribution < 1.29 is 13.2 Å². The summed E-state index contributed by atoms with van der Waals surface area (Å²) in [7, 11) is -1.80. The first-order chi connectivity index (χ1) is 9.36. The molecule has 8 heteroatoms. The molecule has 0 aliphatic rings. The van der Waals surface area contributed by atoms with E-state index in [9.17, 15) is 8.42 Å². The number of nitrogens with two attached hydrogens (primary N) is 1. The molecular weight excluding hydrogens is 280 g/mol. The fourth-order valence-electron chi connectivity index (χ4n) is 1.69. The summed E-state index contributed by atoms with van der Waals surface area (Å²) in [5, 5.41) is 7.28. The summed E-state index contributed by atoms with van der Waals surface area (Å²) >= 11 is 0. The first kappa shape index (κ1) is 16.4. The average molecular weight is 300 g/mol. The van der Waals surface area contributed by atoms with Crippen molar-refractivity contribution in [3.63, 3.8) is 0 Å². The Bertz CT molecular complexity index is 560. The third-order valence-corrected chi connectivity index (χ3v) is 3.78. The van der Waals surface area contributed by atoms with Crippen LogP contribution in [0.15, 0.2) is 23.2 Å². The Hall–Kier alpha value is -1.67. The molecule has 0 saturated carbocycles. The summed E-state index contributed by atoms with van der Waals surface area (Å²) < 4.78 is 28.6. The summed E-state index contributed by atoms with van der Waals surface area (Å²) in [6.07, 6.45) is 3.02. The smallest absolute Gasteiger partial charge is 0.179 e. The maximum atomic E-state index is 11.8. The molecule has 20 heavy (non-hydrogen) atoms. The minimum atomic E-state index is -3.37. The molecule has 0 spiro atoms. The lowest BCUT2D eigenvalue weighted by atomic mass is 10.3. The van der Waals surface area contributed by atoms with Gasteiger partial charge in [-0.25, -0.2) is 13.4 Å². The lowest BCUT2D eigenvalue weighted by molar-refractivity contribution is 0.205. The Labute approximate surface area is 119 Å². The van der Waals surface area contributed by atoms with Gasteiger partial charge in [-0.3, -0.25) is 5.41 Å². The lowest BCUT2D eigenvalue weighted by Crippen LogP contribution is -2.32. The highest BCUT2D eigenvalue weighted by Crippen LogP contribution is 2.22. The van der Waals surface area contributed by atoms with Crippen LogP contribution in [0.2, 0.25) is 0 Å². The van der Waals surface area contributed by atoms with E-state index in [4.69, 9.17) is 15.9 Å². The van der Waals surface area contributed by atoms with E-state index in [1.165, 1.54) is 12.3 Å². The second-order valence-corrected chi connectivity index (χ2v) is 6.34. The molecule has 0 saturated heterocycles. The van der Waals surface area contributed by atoms with E-state index < -0.39 is 9.84 Å². The van der Waals surface area contributed by atoms with E-state index in [0.717, 1.165) is 6.26 Å². The standard InChI is InChI=1S/C12H20N4O3S/c1-19-9-8-16(7-5-11(13)14)12-10(20(2,17)18)4-3-6-15-12/h3-4,6H,5,7-9H2,1-2H3,(H3,13,14). The van der Waals surface area contributed by atoms with E-state index in [1.807, 2.05) is 0 Å². The number of sulfone groups is 1. The Balaban J connectivity index is 3.09. The van der Waals surface area contributed by atoms with Crippen LogP contribution in [0.3, 0.4) is 0 Å². The third-order valence-electron chi connectivity index (χ3n) is 2.67. The molecule has 0 aliphatic carbocycles. The fourth-order valence-corrected chi connectivity index (χ4v) is 2.53. The van der Waals surface area contributed by atoms with Crippen molar-refractivity contribution in [2.75, 3.05) is 38.0 Å². The van der Waals surface area contributed by atoms with Crippen molar-refractivity contribution in [1.82, 2.24) is 4.98 Å². The molecule has 1 rings (SSSR count). The highest BCUT2D eigenvalue weighted by molar-refractivity contribution is 7.90. The molecule has 112 valence electrons. The van der Waals surface area contributed by atoms with Gasteiger partial charge in [0.25, 0.3) is 0 Å². The van der Waals surface area contributed by atoms with E-state index in [2.05, 4.69) is 4.98 Å². The van der Waals surface area contributed by atoms with Gasteiger partial charge >= 0.3 is 0 Å². The molecule has 7 nitrogen and oxygen atoms in total. The number of hydrogen-bond acceptors (Lipinski definition) is 6. The van der Waals surface area contributed by atoms with Gasteiger partial charge in [0.2, 0.25) is 0 Å². The van der Waals surface area contributed by atoms with Crippen LogP contribution in [0.5, 0.6) is 0 Å². The molecule has 0 unspecified atom stereocenters. The van der Waals surface area contributed by atoms with Crippen molar-refractivity contribution in [3.05, 3.63) is 18.3 Å². The zero-order valence-corrected chi connectivity index (χ0v) is 12.5. The molecule has 3 N–H and O–H groups in total. The summed E-state index contributed by atoms with van der Waals surface area (Å²) in [6, 6.07) is 3.10. The van der Waals surface area contributed by atoms with Crippen molar-refractivity contribution in [1.29, 1.82) is 5.41 Å². The Morgan fingerprint density at radius 3 is 2.75 bits per heavy atom. The molecule has 0 fully saturated rings. The van der Waals surface area contributed by atoms with E-state index >= 15 is 0 Å². The Morgan fingerprint density at radius 2 is 2.20 bits per heavy atom. The van der Waals surface area contributed by atoms with Gasteiger partial charge in [0.15, 0.2) is 9.84 Å². The van der Waals surface area contributed by atoms with Crippen molar-refractivity contribution in [2.24, 2.45) is 5.73 Å². The number of amidine groups is 1. The summed E-state index contributed by atoms with van der Waals surface area (Å²) in [5.74, 6) is 0.414. The van der Waals surface area contributed by atoms with Crippen LogP contribution >= 0.6 is 0 Å². The second-order valence-electron chi connectivity index (χ2n) is 4.35. The van der Waals surface area contributed by atoms with Crippen molar-refractivity contribution in [3.8, 4) is 0 Å². The molecule has 0 bridgehead atoms. The van der Waals surface area contributed by atoms with Gasteiger partial charge < -0.3 is 15.4 Å². The number of anilines is 1. The van der Waals surface area contributed by atoms with Gasteiger partial charge in [0.1, 0.15) is 10.7 Å². The van der Waals surface area contributed by atoms with Crippen molar-refractivity contribution in [2.45, 2.75) is 11.3 Å². The van der Waals surface area contributed by atoms with E-state index in [-0.39, 0.29) is 10.7 Å². The monoisotopic (exact) mass is 300 g/mol. The largest absolute Gasteiger partial charge is 0.388 e. The number of aromatic nitrogens is 1. The van der Waals surface area contributed by atoms with Gasteiger partial charge in [0.05, 0.1) is 12.4 Å². The van der Waals surface area contributed by atoms with Crippen LogP contribution in [0.25, 0.3) is 0 Å². The Kier molecular flexibility index (Phi) is 5.90. The number of methoxy groups -OCH3 is 1. The predicted molar refractivity (Wildman–Crippen MR) is 78.0 cm³/mol. The quantitative estimate of drug-likeness (QED) is 0.526. The van der Waals surface area contributed by atoms with E-state index in [0.29, 0.717) is 31.9 Å². The van der Waals surface area contributed by atoms with Gasteiger partial charge in [-0.15, -0.1) is 0 Å². The van der Waals surface area contributed by atoms with Crippen LogP contribution < -0.4 is 10.6 Å². The summed E-state index contributed by atoms with van der Waals surface area (Å²) in [6.45, 7) is 1.32. The zero-order chi connectivity index (χ0) is 15.2. The first-order valence-electron chi connectivity index (χ1n) is 6.08. The van der Waals surface area contributed by atoms with Crippen LogP contribution in [0.4, 0.5) is 5.82 Å². The number of hydrogen-bond donors (Lipinski definition) is 2. The number of nitrogens with one attached hydrogen (secondary N) is 1. The first-order valence-corrected chi connectivity index (χ1v) is 7.97. The number of nitrogens with zero attached hydrogens (tertiary/aromatic N) is 2. The highest BCUT2D eigenvalue weighted by atomic mass is 32.2. The molecule has 1 aromatic heterocycles. The summed E-state index contributed by atoms with van der Waals surface area (Å²) in [4.78, 5) is 6.09. The van der Waals surface area contributed by atoms with E-state index in [1.54, 1.807) is 18.1 Å². The van der Waals surface area contributed by atoms with Crippen LogP contribution in [0, 0.1) is 5.41 Å². The number of ether oxygens (including phenoxy) is 1. The topological polar surface area (TPSA) is 109 Å². The molecule has 0 radical (unpaired) electrons. The molecule has 0 aromatic carbocycles. The highest BCUT2D eigenvalue weighted by Gasteiger charge is 2.19. The molecular formula is C12H20N4O3S. The minimum Gasteiger partial charge on any atom is -0.388 e. The fraction of sp³-hybridized carbons (Fsp3) is 0.500. The van der Waals surface area contributed by atoms with Crippen molar-refractivity contribution >= 4 is 21.5 Å².